The molecule has 1 aromatic heterocycles. The molecule has 0 fully saturated rings. The highest BCUT2D eigenvalue weighted by molar-refractivity contribution is 6.32. The molecule has 6 nitrogen and oxygen atoms in total. The van der Waals surface area contributed by atoms with E-state index in [4.69, 9.17) is 21.1 Å². The molecule has 0 radical (unpaired) electrons. The first-order valence-electron chi connectivity index (χ1n) is 8.41. The fourth-order valence-electron chi connectivity index (χ4n) is 3.28. The molecule has 0 saturated heterocycles. The van der Waals surface area contributed by atoms with Gasteiger partial charge in [0.25, 0.3) is 0 Å². The molecule has 0 spiro atoms. The molecule has 2 aliphatic rings. The average Bonchev–Trinajstić information content (AvgIpc) is 2.80. The molecule has 0 unspecified atom stereocenters. The zero-order valence-corrected chi connectivity index (χ0v) is 14.5. The Balaban J connectivity index is 1.44. The molecule has 2 aliphatic heterocycles. The largest absolute Gasteiger partial charge is 0.489 e. The van der Waals surface area contributed by atoms with Gasteiger partial charge in [0.05, 0.1) is 18.2 Å². The molecular weight excluding hydrogens is 328 g/mol. The Kier molecular flexibility index (Phi) is 4.33. The molecule has 24 heavy (non-hydrogen) atoms. The van der Waals surface area contributed by atoms with Crippen LogP contribution >= 0.6 is 11.6 Å². The minimum Gasteiger partial charge on any atom is -0.489 e. The number of nitrogens with zero attached hydrogens (tertiary/aromatic N) is 3. The molecule has 2 aromatic rings. The maximum Gasteiger partial charge on any atom is 0.179 e. The van der Waals surface area contributed by atoms with Crippen molar-refractivity contribution >= 4 is 11.6 Å². The summed E-state index contributed by atoms with van der Waals surface area (Å²) in [6, 6.07) is 4.39. The summed E-state index contributed by atoms with van der Waals surface area (Å²) in [5.74, 6) is 3.48. The van der Waals surface area contributed by atoms with Crippen LogP contribution in [0, 0.1) is 6.92 Å². The molecule has 4 rings (SSSR count). The Morgan fingerprint density at radius 2 is 2.17 bits per heavy atom. The minimum atomic E-state index is 0.405. The van der Waals surface area contributed by atoms with Gasteiger partial charge in [-0.25, -0.2) is 0 Å². The molecule has 1 atom stereocenters. The highest BCUT2D eigenvalue weighted by atomic mass is 35.5. The molecule has 1 N–H and O–H groups in total. The van der Waals surface area contributed by atoms with Gasteiger partial charge in [-0.3, -0.25) is 0 Å². The zero-order chi connectivity index (χ0) is 16.5. The second-order valence-corrected chi connectivity index (χ2v) is 6.75. The Labute approximate surface area is 146 Å². The van der Waals surface area contributed by atoms with E-state index in [1.54, 1.807) is 0 Å². The lowest BCUT2D eigenvalue weighted by atomic mass is 10.1. The van der Waals surface area contributed by atoms with E-state index in [1.165, 1.54) is 0 Å². The van der Waals surface area contributed by atoms with Crippen molar-refractivity contribution in [3.63, 3.8) is 0 Å². The van der Waals surface area contributed by atoms with Gasteiger partial charge in [0.2, 0.25) is 0 Å². The average molecular weight is 349 g/mol. The van der Waals surface area contributed by atoms with Gasteiger partial charge < -0.3 is 19.4 Å². The number of hydrogen-bond acceptors (Lipinski definition) is 5. The predicted molar refractivity (Wildman–Crippen MR) is 90.8 cm³/mol. The normalized spacial score (nSPS) is 19.7. The Bertz CT molecular complexity index is 746. The third kappa shape index (κ3) is 3.08. The first kappa shape index (κ1) is 15.7. The Morgan fingerprint density at radius 3 is 3.08 bits per heavy atom. The fourth-order valence-corrected chi connectivity index (χ4v) is 3.57. The molecule has 1 aromatic carbocycles. The third-order valence-electron chi connectivity index (χ3n) is 4.59. The second-order valence-electron chi connectivity index (χ2n) is 6.35. The van der Waals surface area contributed by atoms with E-state index in [1.807, 2.05) is 19.1 Å². The lowest BCUT2D eigenvalue weighted by Gasteiger charge is -2.25. The number of rotatable bonds is 3. The van der Waals surface area contributed by atoms with Crippen LogP contribution in [-0.4, -0.2) is 34.0 Å². The number of fused-ring (bicyclic) bond motifs is 2. The zero-order valence-electron chi connectivity index (χ0n) is 13.7. The molecule has 7 heteroatoms. The summed E-state index contributed by atoms with van der Waals surface area (Å²) < 4.78 is 13.6. The van der Waals surface area contributed by atoms with Crippen molar-refractivity contribution in [3.8, 4) is 11.5 Å². The van der Waals surface area contributed by atoms with Gasteiger partial charge in [0.15, 0.2) is 11.5 Å². The first-order chi connectivity index (χ1) is 11.7. The van der Waals surface area contributed by atoms with E-state index >= 15 is 0 Å². The number of benzene rings is 1. The third-order valence-corrected chi connectivity index (χ3v) is 4.87. The number of ether oxygens (including phenoxy) is 2. The van der Waals surface area contributed by atoms with Crippen molar-refractivity contribution in [1.82, 2.24) is 20.1 Å². The predicted octanol–water partition coefficient (Wildman–Crippen LogP) is 2.51. The number of nitrogens with one attached hydrogen (secondary N) is 1. The first-order valence-corrected chi connectivity index (χ1v) is 8.78. The van der Waals surface area contributed by atoms with Crippen LogP contribution in [0.15, 0.2) is 12.1 Å². The van der Waals surface area contributed by atoms with E-state index in [2.05, 4.69) is 20.1 Å². The Morgan fingerprint density at radius 1 is 1.29 bits per heavy atom. The molecule has 0 aliphatic carbocycles. The lowest BCUT2D eigenvalue weighted by Crippen LogP contribution is -2.37. The van der Waals surface area contributed by atoms with Gasteiger partial charge in [-0.1, -0.05) is 11.6 Å². The summed E-state index contributed by atoms with van der Waals surface area (Å²) in [6.07, 6.45) is 2.90. The maximum absolute atomic E-state index is 6.36. The van der Waals surface area contributed by atoms with Gasteiger partial charge in [0.1, 0.15) is 11.6 Å². The summed E-state index contributed by atoms with van der Waals surface area (Å²) in [4.78, 5) is 0. The summed E-state index contributed by atoms with van der Waals surface area (Å²) >= 11 is 6.36. The monoisotopic (exact) mass is 348 g/mol. The molecule has 128 valence electrons. The van der Waals surface area contributed by atoms with Crippen LogP contribution in [0.25, 0.3) is 0 Å². The smallest absolute Gasteiger partial charge is 0.179 e. The summed E-state index contributed by atoms with van der Waals surface area (Å²) in [5.41, 5.74) is 1.11. The van der Waals surface area contributed by atoms with Crippen LogP contribution in [0.2, 0.25) is 5.02 Å². The van der Waals surface area contributed by atoms with Crippen molar-refractivity contribution in [2.45, 2.75) is 45.3 Å². The van der Waals surface area contributed by atoms with Crippen molar-refractivity contribution < 1.29 is 9.47 Å². The fraction of sp³-hybridized carbons (Fsp3) is 0.529. The number of halogens is 1. The second kappa shape index (κ2) is 6.61. The quantitative estimate of drug-likeness (QED) is 0.923. The number of aryl methyl sites for hydroxylation is 2. The van der Waals surface area contributed by atoms with E-state index in [9.17, 15) is 0 Å². The number of aromatic nitrogens is 3. The van der Waals surface area contributed by atoms with Gasteiger partial charge in [-0.2, -0.15) is 0 Å². The molecule has 0 amide bonds. The van der Waals surface area contributed by atoms with Crippen LogP contribution in [-0.2, 0) is 19.5 Å². The lowest BCUT2D eigenvalue weighted by molar-refractivity contribution is 0.297. The van der Waals surface area contributed by atoms with E-state index in [-0.39, 0.29) is 0 Å². The van der Waals surface area contributed by atoms with E-state index in [0.29, 0.717) is 30.0 Å². The molecular formula is C17H21ClN4O2. The molecule has 3 heterocycles. The maximum atomic E-state index is 6.36. The standard InChI is InChI=1S/C17H21ClN4O2/c1-11-20-21-16-4-3-13(10-22(11)16)19-9-12-7-14(18)17-15(8-12)23-5-2-6-24-17/h7-8,13,19H,2-6,9-10H2,1H3/t13-/m0/s1. The van der Waals surface area contributed by atoms with Gasteiger partial charge >= 0.3 is 0 Å². The topological polar surface area (TPSA) is 61.2 Å². The summed E-state index contributed by atoms with van der Waals surface area (Å²) in [6.45, 7) is 4.97. The van der Waals surface area contributed by atoms with Crippen molar-refractivity contribution in [2.24, 2.45) is 0 Å². The van der Waals surface area contributed by atoms with E-state index < -0.39 is 0 Å². The summed E-state index contributed by atoms with van der Waals surface area (Å²) in [5, 5.41) is 12.6. The van der Waals surface area contributed by atoms with Crippen molar-refractivity contribution in [3.05, 3.63) is 34.4 Å². The minimum absolute atomic E-state index is 0.405. The van der Waals surface area contributed by atoms with Crippen molar-refractivity contribution in [2.75, 3.05) is 13.2 Å². The van der Waals surface area contributed by atoms with Crippen molar-refractivity contribution in [1.29, 1.82) is 0 Å². The van der Waals surface area contributed by atoms with Gasteiger partial charge in [-0.05, 0) is 31.0 Å². The van der Waals surface area contributed by atoms with Crippen LogP contribution < -0.4 is 14.8 Å². The highest BCUT2D eigenvalue weighted by Gasteiger charge is 2.21. The van der Waals surface area contributed by atoms with Gasteiger partial charge in [0, 0.05) is 32.0 Å². The van der Waals surface area contributed by atoms with Crippen LogP contribution in [0.1, 0.15) is 30.1 Å². The SMILES string of the molecule is Cc1nnc2n1C[C@@H](NCc1cc(Cl)c3c(c1)OCCCO3)CC2. The summed E-state index contributed by atoms with van der Waals surface area (Å²) in [7, 11) is 0. The van der Waals surface area contributed by atoms with Crippen LogP contribution in [0.5, 0.6) is 11.5 Å². The molecule has 0 bridgehead atoms. The van der Waals surface area contributed by atoms with Crippen LogP contribution in [0.4, 0.5) is 0 Å². The number of hydrogen-bond donors (Lipinski definition) is 1. The Hall–Kier alpha value is -1.79. The van der Waals surface area contributed by atoms with Crippen LogP contribution in [0.3, 0.4) is 0 Å². The highest BCUT2D eigenvalue weighted by Crippen LogP contribution is 2.38. The molecule has 0 saturated carbocycles. The van der Waals surface area contributed by atoms with Gasteiger partial charge in [-0.15, -0.1) is 10.2 Å². The van der Waals surface area contributed by atoms with E-state index in [0.717, 1.165) is 55.3 Å².